The molecule has 0 amide bonds. The molecule has 144 valence electrons. The predicted molar refractivity (Wildman–Crippen MR) is 103 cm³/mol. The fourth-order valence-corrected chi connectivity index (χ4v) is 2.78. The first-order chi connectivity index (χ1) is 12.8. The Hall–Kier alpha value is -2.73. The summed E-state index contributed by atoms with van der Waals surface area (Å²) in [6, 6.07) is 4.94. The zero-order valence-electron chi connectivity index (χ0n) is 15.2. The highest BCUT2D eigenvalue weighted by Gasteiger charge is 2.30. The van der Waals surface area contributed by atoms with Crippen LogP contribution in [0.1, 0.15) is 16.8 Å². The summed E-state index contributed by atoms with van der Waals surface area (Å²) in [6.45, 7) is 0.751. The number of rotatable bonds is 4. The average Bonchev–Trinajstić information content (AvgIpc) is 3.10. The minimum atomic E-state index is -4.37. The van der Waals surface area contributed by atoms with Crippen molar-refractivity contribution in [2.75, 3.05) is 32.6 Å². The van der Waals surface area contributed by atoms with E-state index in [1.165, 1.54) is 6.07 Å². The molecule has 27 heavy (non-hydrogen) atoms. The normalized spacial score (nSPS) is 11.6. The van der Waals surface area contributed by atoms with Crippen molar-refractivity contribution in [1.29, 1.82) is 0 Å². The van der Waals surface area contributed by atoms with Crippen molar-refractivity contribution in [1.82, 2.24) is 15.6 Å². The first-order valence-electron chi connectivity index (χ1n) is 8.02. The molecule has 0 saturated carbocycles. The van der Waals surface area contributed by atoms with Crippen molar-refractivity contribution in [3.63, 3.8) is 0 Å². The average molecular weight is 395 g/mol. The second-order valence-electron chi connectivity index (χ2n) is 5.68. The number of aromatic nitrogens is 1. The van der Waals surface area contributed by atoms with Crippen LogP contribution in [0.15, 0.2) is 34.6 Å². The van der Waals surface area contributed by atoms with E-state index in [1.807, 2.05) is 24.4 Å². The first kappa shape index (κ1) is 20.6. The van der Waals surface area contributed by atoms with Gasteiger partial charge in [0.1, 0.15) is 0 Å². The Bertz CT molecular complexity index is 846. The van der Waals surface area contributed by atoms with Gasteiger partial charge in [-0.05, 0) is 18.2 Å². The molecule has 2 aromatic rings. The molecule has 0 atom stereocenters. The van der Waals surface area contributed by atoms with Gasteiger partial charge < -0.3 is 15.5 Å². The van der Waals surface area contributed by atoms with Crippen LogP contribution in [0.25, 0.3) is 0 Å². The van der Waals surface area contributed by atoms with Crippen LogP contribution >= 0.6 is 11.3 Å². The monoisotopic (exact) mass is 395 g/mol. The lowest BCUT2D eigenvalue weighted by Crippen LogP contribution is -2.37. The number of aliphatic imine (C=N–C) groups is 1. The smallest absolute Gasteiger partial charge is 0.354 e. The Morgan fingerprint density at radius 2 is 2.07 bits per heavy atom. The summed E-state index contributed by atoms with van der Waals surface area (Å²) >= 11 is 1.55. The number of guanidine groups is 1. The molecule has 9 heteroatoms. The summed E-state index contributed by atoms with van der Waals surface area (Å²) in [5, 5.41) is 8.99. The third-order valence-corrected chi connectivity index (χ3v) is 4.41. The van der Waals surface area contributed by atoms with Crippen molar-refractivity contribution >= 4 is 22.4 Å². The van der Waals surface area contributed by atoms with Gasteiger partial charge in [0.2, 0.25) is 0 Å². The summed E-state index contributed by atoms with van der Waals surface area (Å²) in [7, 11) is 5.49. The summed E-state index contributed by atoms with van der Waals surface area (Å²) in [5.74, 6) is 6.04. The van der Waals surface area contributed by atoms with Gasteiger partial charge in [-0.2, -0.15) is 13.2 Å². The molecule has 0 saturated heterocycles. The van der Waals surface area contributed by atoms with Gasteiger partial charge in [0, 0.05) is 32.1 Å². The maximum absolute atomic E-state index is 12.7. The molecule has 5 nitrogen and oxygen atoms in total. The van der Waals surface area contributed by atoms with Gasteiger partial charge in [0.05, 0.1) is 24.3 Å². The van der Waals surface area contributed by atoms with E-state index in [9.17, 15) is 13.2 Å². The maximum atomic E-state index is 12.7. The fraction of sp³-hybridized carbons (Fsp3) is 0.333. The van der Waals surface area contributed by atoms with Crippen LogP contribution in [-0.2, 0) is 12.7 Å². The molecule has 0 spiro atoms. The molecule has 1 heterocycles. The van der Waals surface area contributed by atoms with Crippen molar-refractivity contribution in [2.24, 2.45) is 4.99 Å². The van der Waals surface area contributed by atoms with Crippen LogP contribution in [0.4, 0.5) is 18.3 Å². The zero-order chi connectivity index (χ0) is 19.9. The van der Waals surface area contributed by atoms with Crippen LogP contribution in [0.2, 0.25) is 0 Å². The van der Waals surface area contributed by atoms with Gasteiger partial charge in [-0.1, -0.05) is 17.9 Å². The third-order valence-electron chi connectivity index (χ3n) is 3.35. The molecular formula is C18H20F3N5S. The van der Waals surface area contributed by atoms with Crippen molar-refractivity contribution in [3.8, 4) is 11.8 Å². The summed E-state index contributed by atoms with van der Waals surface area (Å²) < 4.78 is 38.1. The van der Waals surface area contributed by atoms with E-state index >= 15 is 0 Å². The van der Waals surface area contributed by atoms with Crippen LogP contribution in [0.3, 0.4) is 0 Å². The molecule has 0 unspecified atom stereocenters. The first-order valence-corrected chi connectivity index (χ1v) is 8.90. The van der Waals surface area contributed by atoms with Gasteiger partial charge in [-0.25, -0.2) is 4.98 Å². The Morgan fingerprint density at radius 1 is 1.30 bits per heavy atom. The van der Waals surface area contributed by atoms with E-state index in [0.29, 0.717) is 18.1 Å². The Labute approximate surface area is 160 Å². The van der Waals surface area contributed by atoms with Crippen LogP contribution in [0, 0.1) is 11.8 Å². The van der Waals surface area contributed by atoms with Crippen molar-refractivity contribution in [3.05, 3.63) is 46.5 Å². The third kappa shape index (κ3) is 6.49. The van der Waals surface area contributed by atoms with E-state index in [-0.39, 0.29) is 6.54 Å². The van der Waals surface area contributed by atoms with Gasteiger partial charge in [0.15, 0.2) is 11.1 Å². The second kappa shape index (κ2) is 9.28. The van der Waals surface area contributed by atoms with E-state index in [0.717, 1.165) is 23.0 Å². The number of hydrogen-bond acceptors (Lipinski definition) is 4. The van der Waals surface area contributed by atoms with Crippen LogP contribution in [0.5, 0.6) is 0 Å². The molecule has 0 radical (unpaired) electrons. The number of alkyl halides is 3. The Balaban J connectivity index is 1.86. The number of nitrogens with one attached hydrogen (secondary N) is 2. The standard InChI is InChI=1S/C18H20F3N5S/c1-22-16(24-11-15-12-27-17(25-15)26(2)3)23-9-5-7-13-6-4-8-14(10-13)18(19,20)21/h4,6,8,10,12H,9,11H2,1-3H3,(H2,22,23,24). The molecule has 0 fully saturated rings. The molecule has 0 aliphatic rings. The highest BCUT2D eigenvalue weighted by molar-refractivity contribution is 7.13. The molecule has 2 rings (SSSR count). The molecule has 2 N–H and O–H groups in total. The Kier molecular flexibility index (Phi) is 7.07. The molecular weight excluding hydrogens is 375 g/mol. The van der Waals surface area contributed by atoms with Crippen molar-refractivity contribution in [2.45, 2.75) is 12.7 Å². The van der Waals surface area contributed by atoms with Crippen LogP contribution < -0.4 is 15.5 Å². The predicted octanol–water partition coefficient (Wildman–Crippen LogP) is 2.94. The van der Waals surface area contributed by atoms with Crippen LogP contribution in [-0.4, -0.2) is 38.6 Å². The zero-order valence-corrected chi connectivity index (χ0v) is 16.0. The fourth-order valence-electron chi connectivity index (χ4n) is 2.03. The summed E-state index contributed by atoms with van der Waals surface area (Å²) in [5.41, 5.74) is 0.495. The molecule has 0 bridgehead atoms. The quantitative estimate of drug-likeness (QED) is 0.475. The molecule has 0 aliphatic carbocycles. The highest BCUT2D eigenvalue weighted by atomic mass is 32.1. The lowest BCUT2D eigenvalue weighted by Gasteiger charge is -2.09. The topological polar surface area (TPSA) is 52.6 Å². The van der Waals surface area contributed by atoms with Gasteiger partial charge in [0.25, 0.3) is 0 Å². The van der Waals surface area contributed by atoms with E-state index < -0.39 is 11.7 Å². The largest absolute Gasteiger partial charge is 0.416 e. The maximum Gasteiger partial charge on any atom is 0.416 e. The number of thiazole rings is 1. The SMILES string of the molecule is CN=C(NCC#Cc1cccc(C(F)(F)F)c1)NCc1csc(N(C)C)n1. The minimum Gasteiger partial charge on any atom is -0.354 e. The number of halogens is 3. The van der Waals surface area contributed by atoms with Gasteiger partial charge >= 0.3 is 6.18 Å². The minimum absolute atomic E-state index is 0.246. The van der Waals surface area contributed by atoms with Gasteiger partial charge in [-0.3, -0.25) is 4.99 Å². The van der Waals surface area contributed by atoms with E-state index in [4.69, 9.17) is 0 Å². The molecule has 0 aliphatic heterocycles. The molecule has 1 aromatic carbocycles. The number of hydrogen-bond donors (Lipinski definition) is 2. The lowest BCUT2D eigenvalue weighted by molar-refractivity contribution is -0.137. The summed E-state index contributed by atoms with van der Waals surface area (Å²) in [4.78, 5) is 10.5. The Morgan fingerprint density at radius 3 is 2.70 bits per heavy atom. The lowest BCUT2D eigenvalue weighted by atomic mass is 10.1. The highest BCUT2D eigenvalue weighted by Crippen LogP contribution is 2.29. The number of benzene rings is 1. The number of nitrogens with zero attached hydrogens (tertiary/aromatic N) is 3. The second-order valence-corrected chi connectivity index (χ2v) is 6.51. The van der Waals surface area contributed by atoms with E-state index in [1.54, 1.807) is 24.5 Å². The van der Waals surface area contributed by atoms with Gasteiger partial charge in [-0.15, -0.1) is 11.3 Å². The number of anilines is 1. The van der Waals surface area contributed by atoms with Crippen molar-refractivity contribution < 1.29 is 13.2 Å². The summed E-state index contributed by atoms with van der Waals surface area (Å²) in [6.07, 6.45) is -4.37. The molecule has 1 aromatic heterocycles. The van der Waals surface area contributed by atoms with E-state index in [2.05, 4.69) is 32.5 Å².